The third kappa shape index (κ3) is 8.19. The van der Waals surface area contributed by atoms with Gasteiger partial charge < -0.3 is 25.1 Å². The zero-order valence-corrected chi connectivity index (χ0v) is 36.5. The summed E-state index contributed by atoms with van der Waals surface area (Å²) in [6.07, 6.45) is 4.46. The Kier molecular flexibility index (Phi) is 11.4. The van der Waals surface area contributed by atoms with Crippen LogP contribution in [0.5, 0.6) is 5.75 Å². The smallest absolute Gasteiger partial charge is 0.339 e. The number of nitroso groups, excluding NO2 is 1. The summed E-state index contributed by atoms with van der Waals surface area (Å²) in [6.45, 7) is 23.1. The third-order valence-corrected chi connectivity index (χ3v) is 15.1. The molecule has 0 bridgehead atoms. The average molecular weight is 816 g/mol. The van der Waals surface area contributed by atoms with Gasteiger partial charge in [0.2, 0.25) is 0 Å². The van der Waals surface area contributed by atoms with Crippen LogP contribution in [0.2, 0.25) is 0 Å². The van der Waals surface area contributed by atoms with E-state index in [0.29, 0.717) is 25.2 Å². The highest BCUT2D eigenvalue weighted by molar-refractivity contribution is 7.16. The van der Waals surface area contributed by atoms with Gasteiger partial charge >= 0.3 is 11.9 Å². The Morgan fingerprint density at radius 3 is 1.95 bits per heavy atom. The molecule has 57 heavy (non-hydrogen) atoms. The second-order valence-corrected chi connectivity index (χ2v) is 20.8. The molecule has 2 aromatic heterocycles. The van der Waals surface area contributed by atoms with Gasteiger partial charge in [-0.25, -0.2) is 19.6 Å². The molecular formula is C44H57N5O6S2. The highest BCUT2D eigenvalue weighted by Crippen LogP contribution is 2.54. The van der Waals surface area contributed by atoms with Crippen molar-refractivity contribution in [2.24, 2.45) is 17.0 Å². The first kappa shape index (κ1) is 42.3. The number of rotatable bonds is 14. The van der Waals surface area contributed by atoms with E-state index in [-0.39, 0.29) is 45.0 Å². The standard InChI is InChI=1S/C44H57N5O6S2/c1-25(2)23-48(29-15-16-30(38(53)54)31(50)21-29)40-46-34-36(57-40)41(4,5)19-20-44(34,10)18-17-26(3)24-49(28-13-11-27(12-14-28)37(51)52)39-45-33-35(56-39)42(6,7)22-32(47-55)43(33,8)9/h11-16,21,25-26,32,50H,17-20,22-24H2,1-10H3,(H,51,52)(H,53,54). The van der Waals surface area contributed by atoms with Gasteiger partial charge in [0, 0.05) is 61.9 Å². The Balaban J connectivity index is 1.31. The fraction of sp³-hybridized carbons (Fsp3) is 0.545. The minimum atomic E-state index is -1.17. The number of anilines is 4. The number of benzene rings is 2. The minimum absolute atomic E-state index is 0.0715. The van der Waals surface area contributed by atoms with Gasteiger partial charge in [-0.1, -0.05) is 74.4 Å². The maximum Gasteiger partial charge on any atom is 0.339 e. The van der Waals surface area contributed by atoms with E-state index >= 15 is 0 Å². The second-order valence-electron chi connectivity index (χ2n) is 18.8. The maximum absolute atomic E-state index is 12.0. The van der Waals surface area contributed by atoms with E-state index in [1.54, 1.807) is 40.9 Å². The van der Waals surface area contributed by atoms with Gasteiger partial charge in [-0.3, -0.25) is 0 Å². The molecule has 2 heterocycles. The van der Waals surface area contributed by atoms with Crippen molar-refractivity contribution in [3.8, 4) is 5.75 Å². The summed E-state index contributed by atoms with van der Waals surface area (Å²) < 4.78 is 0. The Bertz CT molecular complexity index is 2160. The van der Waals surface area contributed by atoms with Crippen LogP contribution in [0.25, 0.3) is 0 Å². The van der Waals surface area contributed by atoms with Crippen molar-refractivity contribution in [1.82, 2.24) is 9.97 Å². The first-order valence-electron chi connectivity index (χ1n) is 19.9. The lowest BCUT2D eigenvalue weighted by Gasteiger charge is -2.41. The molecule has 13 heteroatoms. The highest BCUT2D eigenvalue weighted by Gasteiger charge is 2.49. The highest BCUT2D eigenvalue weighted by atomic mass is 32.1. The quantitative estimate of drug-likeness (QED) is 0.105. The zero-order valence-electron chi connectivity index (χ0n) is 34.8. The fourth-order valence-corrected chi connectivity index (χ4v) is 11.2. The molecule has 2 aromatic carbocycles. The average Bonchev–Trinajstić information content (AvgIpc) is 3.81. The van der Waals surface area contributed by atoms with Gasteiger partial charge in [-0.15, -0.1) is 22.7 Å². The number of nitrogens with zero attached hydrogens (tertiary/aromatic N) is 5. The molecule has 4 aromatic rings. The summed E-state index contributed by atoms with van der Waals surface area (Å²) in [5.74, 6) is -1.92. The van der Waals surface area contributed by atoms with Gasteiger partial charge in [0.25, 0.3) is 0 Å². The zero-order chi connectivity index (χ0) is 41.8. The Labute approximate surface area is 344 Å². The molecule has 2 aliphatic carbocycles. The number of phenols is 1. The molecule has 0 amide bonds. The number of carboxylic acids is 2. The Morgan fingerprint density at radius 2 is 1.39 bits per heavy atom. The number of thiazole rings is 2. The molecule has 3 atom stereocenters. The topological polar surface area (TPSA) is 157 Å². The lowest BCUT2D eigenvalue weighted by Crippen LogP contribution is -2.43. The predicted octanol–water partition coefficient (Wildman–Crippen LogP) is 11.2. The minimum Gasteiger partial charge on any atom is -0.507 e. The molecule has 11 nitrogen and oxygen atoms in total. The van der Waals surface area contributed by atoms with E-state index in [1.165, 1.54) is 17.0 Å². The van der Waals surface area contributed by atoms with Crippen LogP contribution in [-0.4, -0.2) is 56.4 Å². The second kappa shape index (κ2) is 15.4. The van der Waals surface area contributed by atoms with Crippen LogP contribution >= 0.6 is 22.7 Å². The number of fused-ring (bicyclic) bond motifs is 2. The van der Waals surface area contributed by atoms with E-state index in [0.717, 1.165) is 57.9 Å². The molecule has 2 aliphatic rings. The van der Waals surface area contributed by atoms with Crippen molar-refractivity contribution in [2.75, 3.05) is 22.9 Å². The van der Waals surface area contributed by atoms with Crippen LogP contribution in [0.4, 0.5) is 21.6 Å². The van der Waals surface area contributed by atoms with Crippen LogP contribution in [0.15, 0.2) is 47.6 Å². The first-order chi connectivity index (χ1) is 26.6. The molecule has 0 fully saturated rings. The van der Waals surface area contributed by atoms with E-state index in [4.69, 9.17) is 9.97 Å². The summed E-state index contributed by atoms with van der Waals surface area (Å²) in [6, 6.07) is 11.3. The van der Waals surface area contributed by atoms with E-state index in [1.807, 2.05) is 12.1 Å². The van der Waals surface area contributed by atoms with Gasteiger partial charge in [0.15, 0.2) is 10.3 Å². The molecule has 0 aliphatic heterocycles. The number of aromatic nitrogens is 2. The van der Waals surface area contributed by atoms with Gasteiger partial charge in [0.05, 0.1) is 17.0 Å². The van der Waals surface area contributed by atoms with E-state index in [9.17, 15) is 29.8 Å². The molecule has 0 spiro atoms. The first-order valence-corrected chi connectivity index (χ1v) is 21.5. The van der Waals surface area contributed by atoms with Gasteiger partial charge in [-0.2, -0.15) is 4.91 Å². The molecule has 0 radical (unpaired) electrons. The number of hydrogen-bond donors (Lipinski definition) is 3. The number of carboxylic acid groups (broad SMARTS) is 2. The summed E-state index contributed by atoms with van der Waals surface area (Å²) in [7, 11) is 0. The van der Waals surface area contributed by atoms with E-state index in [2.05, 4.69) is 84.2 Å². The molecule has 3 N–H and O–H groups in total. The van der Waals surface area contributed by atoms with Crippen LogP contribution in [-0.2, 0) is 21.7 Å². The SMILES string of the molecule is CC(C)CN(c1ccc(C(=O)O)c(O)c1)c1nc2c(s1)C(C)(C)CCC2(C)CCC(C)CN(c1ccc(C(=O)O)cc1)c1nc2c(s1)C(C)(C)CC(N=O)C2(C)C. The van der Waals surface area contributed by atoms with Crippen LogP contribution in [0.1, 0.15) is 143 Å². The van der Waals surface area contributed by atoms with E-state index < -0.39 is 23.4 Å². The van der Waals surface area contributed by atoms with Crippen molar-refractivity contribution in [3.63, 3.8) is 0 Å². The predicted molar refractivity (Wildman–Crippen MR) is 230 cm³/mol. The molecule has 0 saturated carbocycles. The van der Waals surface area contributed by atoms with Crippen LogP contribution in [0, 0.1) is 16.7 Å². The van der Waals surface area contributed by atoms with Gasteiger partial charge in [-0.05, 0) is 80.3 Å². The number of carbonyl (C=O) groups is 2. The van der Waals surface area contributed by atoms with Crippen molar-refractivity contribution < 1.29 is 24.9 Å². The summed E-state index contributed by atoms with van der Waals surface area (Å²) in [5.41, 5.74) is 2.63. The van der Waals surface area contributed by atoms with Crippen LogP contribution < -0.4 is 9.80 Å². The lowest BCUT2D eigenvalue weighted by molar-refractivity contribution is 0.0684. The summed E-state index contributed by atoms with van der Waals surface area (Å²) >= 11 is 3.35. The molecular weight excluding hydrogens is 759 g/mol. The molecule has 0 saturated heterocycles. The van der Waals surface area contributed by atoms with Crippen molar-refractivity contribution in [3.05, 3.63) is 79.6 Å². The van der Waals surface area contributed by atoms with Crippen molar-refractivity contribution >= 4 is 56.3 Å². The number of aromatic carboxylic acids is 2. The summed E-state index contributed by atoms with van der Waals surface area (Å²) in [4.78, 5) is 52.8. The monoisotopic (exact) mass is 815 g/mol. The molecule has 306 valence electrons. The van der Waals surface area contributed by atoms with Crippen molar-refractivity contribution in [2.45, 2.75) is 129 Å². The molecule has 6 rings (SSSR count). The Hall–Kier alpha value is -4.36. The van der Waals surface area contributed by atoms with Gasteiger partial charge in [0.1, 0.15) is 17.4 Å². The van der Waals surface area contributed by atoms with Crippen LogP contribution in [0.3, 0.4) is 0 Å². The molecule has 3 unspecified atom stereocenters. The number of aromatic hydroxyl groups is 1. The summed E-state index contributed by atoms with van der Waals surface area (Å²) in [5, 5.41) is 35.0. The normalized spacial score (nSPS) is 21.0. The number of hydrogen-bond acceptors (Lipinski definition) is 11. The third-order valence-electron chi connectivity index (χ3n) is 12.3. The largest absolute Gasteiger partial charge is 0.507 e. The lowest BCUT2D eigenvalue weighted by atomic mass is 9.65. The van der Waals surface area contributed by atoms with Crippen molar-refractivity contribution in [1.29, 1.82) is 0 Å². The maximum atomic E-state index is 12.0. The Morgan fingerprint density at radius 1 is 0.807 bits per heavy atom. The fourth-order valence-electron chi connectivity index (χ4n) is 8.41.